The van der Waals surface area contributed by atoms with Gasteiger partial charge in [-0.15, -0.1) is 11.3 Å². The summed E-state index contributed by atoms with van der Waals surface area (Å²) in [6.45, 7) is 4.22. The molecule has 0 aliphatic heterocycles. The highest BCUT2D eigenvalue weighted by molar-refractivity contribution is 7.85. The molecule has 0 radical (unpaired) electrons. The van der Waals surface area contributed by atoms with Crippen molar-refractivity contribution in [2.24, 2.45) is 0 Å². The maximum Gasteiger partial charge on any atom is 0.235 e. The van der Waals surface area contributed by atoms with Crippen molar-refractivity contribution in [1.82, 2.24) is 10.3 Å². The Bertz CT molecular complexity index is 686. The van der Waals surface area contributed by atoms with E-state index in [9.17, 15) is 13.4 Å². The summed E-state index contributed by atoms with van der Waals surface area (Å²) in [4.78, 5) is 16.3. The van der Waals surface area contributed by atoms with E-state index in [1.807, 2.05) is 12.3 Å². The summed E-state index contributed by atoms with van der Waals surface area (Å²) in [6, 6.07) is 6.09. The molecule has 0 saturated heterocycles. The lowest BCUT2D eigenvalue weighted by Gasteiger charge is -2.10. The first-order valence-corrected chi connectivity index (χ1v) is 9.62. The molecular formula is C16H19FN2O2S2. The van der Waals surface area contributed by atoms with Crippen LogP contribution in [0.1, 0.15) is 26.0 Å². The molecule has 1 N–H and O–H groups in total. The van der Waals surface area contributed by atoms with Crippen LogP contribution in [0.5, 0.6) is 0 Å². The largest absolute Gasteiger partial charge is 0.355 e. The van der Waals surface area contributed by atoms with Crippen molar-refractivity contribution < 1.29 is 13.4 Å². The third kappa shape index (κ3) is 4.94. The van der Waals surface area contributed by atoms with Gasteiger partial charge < -0.3 is 5.32 Å². The summed E-state index contributed by atoms with van der Waals surface area (Å²) < 4.78 is 25.2. The fraction of sp³-hybridized carbons (Fsp3) is 0.375. The molecular weight excluding hydrogens is 335 g/mol. The van der Waals surface area contributed by atoms with Gasteiger partial charge in [0.2, 0.25) is 5.91 Å². The van der Waals surface area contributed by atoms with Gasteiger partial charge >= 0.3 is 0 Å². The molecule has 4 nitrogen and oxygen atoms in total. The third-order valence-electron chi connectivity index (χ3n) is 3.25. The Morgan fingerprint density at radius 1 is 1.39 bits per heavy atom. The lowest BCUT2D eigenvalue weighted by Crippen LogP contribution is -2.36. The SMILES string of the molecule is CCCNC(=O)[C@@H](C)[S@](=O)Cc1csc(-c2ccc(F)cc2)n1. The highest BCUT2D eigenvalue weighted by Gasteiger charge is 2.20. The molecule has 0 bridgehead atoms. The number of halogens is 1. The molecule has 1 amide bonds. The van der Waals surface area contributed by atoms with Gasteiger partial charge in [-0.3, -0.25) is 9.00 Å². The fourth-order valence-corrected chi connectivity index (χ4v) is 3.82. The maximum atomic E-state index is 12.9. The number of carbonyl (C=O) groups is 1. The van der Waals surface area contributed by atoms with Gasteiger partial charge in [0.1, 0.15) is 16.1 Å². The van der Waals surface area contributed by atoms with Crippen molar-refractivity contribution in [3.8, 4) is 10.6 Å². The molecule has 124 valence electrons. The Balaban J connectivity index is 1.99. The van der Waals surface area contributed by atoms with Crippen LogP contribution in [0.3, 0.4) is 0 Å². The Hall–Kier alpha value is -1.60. The van der Waals surface area contributed by atoms with E-state index < -0.39 is 16.0 Å². The van der Waals surface area contributed by atoms with Gasteiger partial charge in [-0.1, -0.05) is 6.92 Å². The summed E-state index contributed by atoms with van der Waals surface area (Å²) in [6.07, 6.45) is 0.845. The van der Waals surface area contributed by atoms with Gasteiger partial charge in [-0.05, 0) is 37.6 Å². The van der Waals surface area contributed by atoms with Crippen molar-refractivity contribution in [2.45, 2.75) is 31.3 Å². The monoisotopic (exact) mass is 354 g/mol. The van der Waals surface area contributed by atoms with Crippen LogP contribution in [0.4, 0.5) is 4.39 Å². The summed E-state index contributed by atoms with van der Waals surface area (Å²) >= 11 is 1.42. The van der Waals surface area contributed by atoms with Crippen LogP contribution in [-0.2, 0) is 21.3 Å². The van der Waals surface area contributed by atoms with Crippen LogP contribution in [0, 0.1) is 5.82 Å². The molecule has 1 aromatic carbocycles. The average Bonchev–Trinajstić information content (AvgIpc) is 3.00. The van der Waals surface area contributed by atoms with E-state index in [4.69, 9.17) is 0 Å². The van der Waals surface area contributed by atoms with Crippen LogP contribution in [0.25, 0.3) is 10.6 Å². The Morgan fingerprint density at radius 3 is 2.74 bits per heavy atom. The first-order valence-electron chi connectivity index (χ1n) is 7.36. The molecule has 0 aliphatic carbocycles. The van der Waals surface area contributed by atoms with Crippen LogP contribution >= 0.6 is 11.3 Å². The maximum absolute atomic E-state index is 12.9. The van der Waals surface area contributed by atoms with Gasteiger partial charge in [-0.2, -0.15) is 0 Å². The molecule has 0 fully saturated rings. The average molecular weight is 354 g/mol. The minimum Gasteiger partial charge on any atom is -0.355 e. The zero-order valence-electron chi connectivity index (χ0n) is 13.0. The number of hydrogen-bond donors (Lipinski definition) is 1. The van der Waals surface area contributed by atoms with Crippen LogP contribution < -0.4 is 5.32 Å². The van der Waals surface area contributed by atoms with Crippen LogP contribution in [0.15, 0.2) is 29.6 Å². The summed E-state index contributed by atoms with van der Waals surface area (Å²) in [5.41, 5.74) is 1.50. The van der Waals surface area contributed by atoms with E-state index in [-0.39, 0.29) is 17.5 Å². The van der Waals surface area contributed by atoms with Gasteiger partial charge in [0.15, 0.2) is 0 Å². The summed E-state index contributed by atoms with van der Waals surface area (Å²) in [7, 11) is -1.32. The lowest BCUT2D eigenvalue weighted by molar-refractivity contribution is -0.120. The van der Waals surface area contributed by atoms with E-state index in [0.717, 1.165) is 17.0 Å². The highest BCUT2D eigenvalue weighted by atomic mass is 32.2. The van der Waals surface area contributed by atoms with Gasteiger partial charge in [0.25, 0.3) is 0 Å². The molecule has 2 aromatic rings. The van der Waals surface area contributed by atoms with Crippen molar-refractivity contribution in [3.05, 3.63) is 41.2 Å². The standard InChI is InChI=1S/C16H19FN2O2S2/c1-3-8-18-15(20)11(2)23(21)10-14-9-22-16(19-14)12-4-6-13(17)7-5-12/h4-7,9,11H,3,8,10H2,1-2H3,(H,18,20)/t11-,23-/m1/s1. The van der Waals surface area contributed by atoms with Gasteiger partial charge in [0, 0.05) is 28.3 Å². The van der Waals surface area contributed by atoms with Gasteiger partial charge in [-0.25, -0.2) is 9.37 Å². The second kappa shape index (κ2) is 8.31. The van der Waals surface area contributed by atoms with E-state index in [2.05, 4.69) is 10.3 Å². The number of amides is 1. The molecule has 2 atom stereocenters. The second-order valence-corrected chi connectivity index (χ2v) is 7.72. The number of carbonyl (C=O) groups excluding carboxylic acids is 1. The van der Waals surface area contributed by atoms with Crippen molar-refractivity contribution in [3.63, 3.8) is 0 Å². The number of rotatable bonds is 7. The van der Waals surface area contributed by atoms with E-state index in [1.54, 1.807) is 19.1 Å². The number of nitrogens with zero attached hydrogens (tertiary/aromatic N) is 1. The number of thiazole rings is 1. The minimum atomic E-state index is -1.32. The first kappa shape index (κ1) is 17.7. The molecule has 2 rings (SSSR count). The zero-order valence-corrected chi connectivity index (χ0v) is 14.7. The molecule has 0 unspecified atom stereocenters. The summed E-state index contributed by atoms with van der Waals surface area (Å²) in [5.74, 6) is -0.254. The van der Waals surface area contributed by atoms with Crippen LogP contribution in [0.2, 0.25) is 0 Å². The molecule has 7 heteroatoms. The van der Waals surface area contributed by atoms with E-state index >= 15 is 0 Å². The van der Waals surface area contributed by atoms with Crippen molar-refractivity contribution in [2.75, 3.05) is 6.54 Å². The quantitative estimate of drug-likeness (QED) is 0.831. The lowest BCUT2D eigenvalue weighted by atomic mass is 10.2. The topological polar surface area (TPSA) is 59.1 Å². The Morgan fingerprint density at radius 2 is 2.09 bits per heavy atom. The number of benzene rings is 1. The first-order chi connectivity index (χ1) is 11.0. The number of hydrogen-bond acceptors (Lipinski definition) is 4. The molecule has 1 aromatic heterocycles. The van der Waals surface area contributed by atoms with Crippen molar-refractivity contribution >= 4 is 28.0 Å². The van der Waals surface area contributed by atoms with Gasteiger partial charge in [0.05, 0.1) is 11.4 Å². The highest BCUT2D eigenvalue weighted by Crippen LogP contribution is 2.24. The molecule has 0 saturated carbocycles. The van der Waals surface area contributed by atoms with Crippen LogP contribution in [-0.4, -0.2) is 26.9 Å². The molecule has 23 heavy (non-hydrogen) atoms. The second-order valence-electron chi connectivity index (χ2n) is 5.11. The van der Waals surface area contributed by atoms with E-state index in [0.29, 0.717) is 12.2 Å². The number of aromatic nitrogens is 1. The van der Waals surface area contributed by atoms with E-state index in [1.165, 1.54) is 23.5 Å². The predicted octanol–water partition coefficient (Wildman–Crippen LogP) is 3.11. The normalized spacial score (nSPS) is 13.5. The molecule has 1 heterocycles. The fourth-order valence-electron chi connectivity index (χ4n) is 1.88. The Kier molecular flexibility index (Phi) is 6.41. The smallest absolute Gasteiger partial charge is 0.235 e. The number of nitrogens with one attached hydrogen (secondary N) is 1. The Labute approximate surface area is 141 Å². The molecule has 0 aliphatic rings. The van der Waals surface area contributed by atoms with Crippen molar-refractivity contribution in [1.29, 1.82) is 0 Å². The minimum absolute atomic E-state index is 0.195. The molecule has 0 spiro atoms. The predicted molar refractivity (Wildman–Crippen MR) is 92.1 cm³/mol. The summed E-state index contributed by atoms with van der Waals surface area (Å²) in [5, 5.41) is 4.75. The zero-order chi connectivity index (χ0) is 16.8. The third-order valence-corrected chi connectivity index (χ3v) is 5.77.